The van der Waals surface area contributed by atoms with E-state index < -0.39 is 10.8 Å². The fourth-order valence-corrected chi connectivity index (χ4v) is 3.09. The molecule has 1 aliphatic rings. The fraction of sp³-hybridized carbons (Fsp3) is 0.533. The van der Waals surface area contributed by atoms with Gasteiger partial charge in [-0.2, -0.15) is 0 Å². The van der Waals surface area contributed by atoms with Crippen molar-refractivity contribution in [3.63, 3.8) is 0 Å². The van der Waals surface area contributed by atoms with Crippen molar-refractivity contribution in [3.05, 3.63) is 34.9 Å². The van der Waals surface area contributed by atoms with Crippen LogP contribution in [-0.4, -0.2) is 39.1 Å². The van der Waals surface area contributed by atoms with Crippen LogP contribution in [0.2, 0.25) is 5.02 Å². The number of carbonyl (C=O) groups excluding carboxylic acids is 1. The number of benzene rings is 1. The van der Waals surface area contributed by atoms with Crippen molar-refractivity contribution in [2.45, 2.75) is 37.7 Å². The number of nitrogens with zero attached hydrogens (tertiary/aromatic N) is 1. The summed E-state index contributed by atoms with van der Waals surface area (Å²) in [4.78, 5) is 14.1. The van der Waals surface area contributed by atoms with Crippen molar-refractivity contribution in [1.82, 2.24) is 10.2 Å². The summed E-state index contributed by atoms with van der Waals surface area (Å²) >= 11 is 6.04. The van der Waals surface area contributed by atoms with Gasteiger partial charge in [0, 0.05) is 33.9 Å². The normalized spacial score (nSPS) is 25.1. The summed E-state index contributed by atoms with van der Waals surface area (Å²) in [7, 11) is -0.869. The van der Waals surface area contributed by atoms with E-state index in [4.69, 9.17) is 11.6 Å². The Labute approximate surface area is 133 Å². The molecular weight excluding hydrogens is 308 g/mol. The van der Waals surface area contributed by atoms with E-state index in [2.05, 4.69) is 5.32 Å². The highest BCUT2D eigenvalue weighted by Crippen LogP contribution is 2.27. The fourth-order valence-electron chi connectivity index (χ4n) is 2.45. The average Bonchev–Trinajstić information content (AvgIpc) is 2.72. The van der Waals surface area contributed by atoms with Gasteiger partial charge in [-0.1, -0.05) is 30.7 Å². The van der Waals surface area contributed by atoms with E-state index in [1.807, 2.05) is 43.0 Å². The van der Waals surface area contributed by atoms with E-state index in [-0.39, 0.29) is 23.4 Å². The molecule has 1 heterocycles. The van der Waals surface area contributed by atoms with Gasteiger partial charge in [0.25, 0.3) is 0 Å². The van der Waals surface area contributed by atoms with Crippen LogP contribution in [0.3, 0.4) is 0 Å². The van der Waals surface area contributed by atoms with Crippen LogP contribution >= 0.6 is 11.6 Å². The van der Waals surface area contributed by atoms with Crippen molar-refractivity contribution in [2.24, 2.45) is 0 Å². The van der Waals surface area contributed by atoms with Gasteiger partial charge in [0.05, 0.1) is 6.04 Å². The van der Waals surface area contributed by atoms with Crippen LogP contribution in [-0.2, 0) is 15.6 Å². The molecule has 0 aliphatic carbocycles. The van der Waals surface area contributed by atoms with E-state index in [1.54, 1.807) is 6.26 Å². The minimum absolute atomic E-state index is 0.0775. The zero-order valence-electron chi connectivity index (χ0n) is 12.5. The first-order chi connectivity index (χ1) is 9.90. The average molecular weight is 329 g/mol. The highest BCUT2D eigenvalue weighted by molar-refractivity contribution is 7.84. The second-order valence-corrected chi connectivity index (χ2v) is 7.71. The molecule has 6 heteroatoms. The van der Waals surface area contributed by atoms with E-state index >= 15 is 0 Å². The van der Waals surface area contributed by atoms with Gasteiger partial charge in [0.15, 0.2) is 0 Å². The zero-order valence-corrected chi connectivity index (χ0v) is 14.1. The van der Waals surface area contributed by atoms with Crippen LogP contribution in [0, 0.1) is 0 Å². The molecule has 1 aromatic carbocycles. The molecule has 4 atom stereocenters. The van der Waals surface area contributed by atoms with E-state index in [0.717, 1.165) is 12.0 Å². The highest BCUT2D eigenvalue weighted by atomic mass is 35.5. The highest BCUT2D eigenvalue weighted by Gasteiger charge is 2.36. The molecule has 0 radical (unpaired) electrons. The predicted molar refractivity (Wildman–Crippen MR) is 86.6 cm³/mol. The first-order valence-electron chi connectivity index (χ1n) is 7.04. The largest absolute Gasteiger partial charge is 0.322 e. The predicted octanol–water partition coefficient (Wildman–Crippen LogP) is 2.32. The number of hydrogen-bond donors (Lipinski definition) is 1. The SMILES string of the molecule is CC1NC(c2cccc(Cl)c2)N(CCC(C)S(C)=O)C1=O. The summed E-state index contributed by atoms with van der Waals surface area (Å²) < 4.78 is 11.5. The first-order valence-corrected chi connectivity index (χ1v) is 9.04. The van der Waals surface area contributed by atoms with Gasteiger partial charge >= 0.3 is 0 Å². The molecule has 1 N–H and O–H groups in total. The lowest BCUT2D eigenvalue weighted by Gasteiger charge is -2.25. The van der Waals surface area contributed by atoms with Crippen molar-refractivity contribution < 1.29 is 9.00 Å². The van der Waals surface area contributed by atoms with Crippen LogP contribution in [0.5, 0.6) is 0 Å². The molecule has 1 fully saturated rings. The second-order valence-electron chi connectivity index (χ2n) is 5.48. The maximum absolute atomic E-state index is 12.3. The summed E-state index contributed by atoms with van der Waals surface area (Å²) in [6, 6.07) is 7.32. The summed E-state index contributed by atoms with van der Waals surface area (Å²) in [5.74, 6) is 0.0778. The van der Waals surface area contributed by atoms with Crippen LogP contribution < -0.4 is 5.32 Å². The summed E-state index contributed by atoms with van der Waals surface area (Å²) in [6.07, 6.45) is 2.26. The Balaban J connectivity index is 2.15. The topological polar surface area (TPSA) is 49.4 Å². The molecule has 1 amide bonds. The van der Waals surface area contributed by atoms with E-state index in [1.165, 1.54) is 0 Å². The van der Waals surface area contributed by atoms with Crippen molar-refractivity contribution >= 4 is 28.3 Å². The molecule has 1 aromatic rings. The third-order valence-corrected chi connectivity index (χ3v) is 5.48. The summed E-state index contributed by atoms with van der Waals surface area (Å²) in [5.41, 5.74) is 0.977. The third kappa shape index (κ3) is 3.84. The minimum Gasteiger partial charge on any atom is -0.322 e. The van der Waals surface area contributed by atoms with Gasteiger partial charge in [0.2, 0.25) is 5.91 Å². The first kappa shape index (κ1) is 16.5. The number of nitrogens with one attached hydrogen (secondary N) is 1. The van der Waals surface area contributed by atoms with Gasteiger partial charge in [-0.3, -0.25) is 14.3 Å². The third-order valence-electron chi connectivity index (χ3n) is 3.88. The molecule has 1 saturated heterocycles. The van der Waals surface area contributed by atoms with Crippen LogP contribution in [0.25, 0.3) is 0 Å². The monoisotopic (exact) mass is 328 g/mol. The molecule has 1 aliphatic heterocycles. The number of rotatable bonds is 5. The Bertz CT molecular complexity index is 552. The van der Waals surface area contributed by atoms with Gasteiger partial charge in [-0.15, -0.1) is 0 Å². The molecule has 2 rings (SSSR count). The number of carbonyl (C=O) groups is 1. The standard InChI is InChI=1S/C15H21ClN2O2S/c1-10(21(3)20)7-8-18-14(17-11(2)15(18)19)12-5-4-6-13(16)9-12/h4-6,9-11,14,17H,7-8H2,1-3H3. The number of hydrogen-bond acceptors (Lipinski definition) is 3. The van der Waals surface area contributed by atoms with Crippen molar-refractivity contribution in [3.8, 4) is 0 Å². The van der Waals surface area contributed by atoms with E-state index in [0.29, 0.717) is 11.6 Å². The molecule has 21 heavy (non-hydrogen) atoms. The smallest absolute Gasteiger partial charge is 0.241 e. The Kier molecular flexibility index (Phi) is 5.41. The molecule has 4 nitrogen and oxygen atoms in total. The Morgan fingerprint density at radius 2 is 2.19 bits per heavy atom. The zero-order chi connectivity index (χ0) is 15.6. The Morgan fingerprint density at radius 3 is 2.81 bits per heavy atom. The molecule has 0 saturated carbocycles. The Hall–Kier alpha value is -0.910. The van der Waals surface area contributed by atoms with Crippen molar-refractivity contribution in [1.29, 1.82) is 0 Å². The van der Waals surface area contributed by atoms with Crippen LogP contribution in [0.1, 0.15) is 32.0 Å². The lowest BCUT2D eigenvalue weighted by atomic mass is 10.1. The lowest BCUT2D eigenvalue weighted by molar-refractivity contribution is -0.129. The van der Waals surface area contributed by atoms with Crippen LogP contribution in [0.4, 0.5) is 0 Å². The molecule has 0 spiro atoms. The summed E-state index contributed by atoms with van der Waals surface area (Å²) in [6.45, 7) is 4.40. The van der Waals surface area contributed by atoms with E-state index in [9.17, 15) is 9.00 Å². The summed E-state index contributed by atoms with van der Waals surface area (Å²) in [5, 5.41) is 4.03. The quantitative estimate of drug-likeness (QED) is 0.902. The number of halogens is 1. The molecule has 4 unspecified atom stereocenters. The molecule has 0 aromatic heterocycles. The lowest BCUT2D eigenvalue weighted by Crippen LogP contribution is -2.33. The molecule has 0 bridgehead atoms. The maximum Gasteiger partial charge on any atom is 0.241 e. The van der Waals surface area contributed by atoms with Gasteiger partial charge in [-0.05, 0) is 31.0 Å². The van der Waals surface area contributed by atoms with Crippen LogP contribution in [0.15, 0.2) is 24.3 Å². The number of amides is 1. The molecular formula is C15H21ClN2O2S. The molecule has 116 valence electrons. The Morgan fingerprint density at radius 1 is 1.48 bits per heavy atom. The van der Waals surface area contributed by atoms with Crippen molar-refractivity contribution in [2.75, 3.05) is 12.8 Å². The van der Waals surface area contributed by atoms with Gasteiger partial charge < -0.3 is 4.90 Å². The van der Waals surface area contributed by atoms with Gasteiger partial charge in [-0.25, -0.2) is 0 Å². The second kappa shape index (κ2) is 6.90. The van der Waals surface area contributed by atoms with Gasteiger partial charge in [0.1, 0.15) is 6.17 Å². The minimum atomic E-state index is -0.869. The maximum atomic E-state index is 12.3.